The zero-order valence-corrected chi connectivity index (χ0v) is 9.25. The zero-order chi connectivity index (χ0) is 10.4. The highest BCUT2D eigenvalue weighted by Gasteiger charge is 1.94. The minimum absolute atomic E-state index is 1.03. The van der Waals surface area contributed by atoms with Crippen LogP contribution in [0.5, 0.6) is 0 Å². The molecule has 0 saturated carbocycles. The minimum Gasteiger partial charge on any atom is -0.0874 e. The van der Waals surface area contributed by atoms with Gasteiger partial charge in [0.15, 0.2) is 0 Å². The maximum Gasteiger partial charge on any atom is -0.00292 e. The molecule has 0 bridgehead atoms. The summed E-state index contributed by atoms with van der Waals surface area (Å²) < 4.78 is 0. The third kappa shape index (κ3) is 3.21. The van der Waals surface area contributed by atoms with Crippen LogP contribution in [0.1, 0.15) is 25.0 Å². The standard InChI is InChI=1S/C14H18/c1-4-6-13(5-2)11-14-9-7-12(3)8-10-14/h4-10H,11H2,1-3H3/b6-4-,13-5+. The summed E-state index contributed by atoms with van der Waals surface area (Å²) in [7, 11) is 0. The maximum atomic E-state index is 2.20. The van der Waals surface area contributed by atoms with Crippen molar-refractivity contribution in [2.24, 2.45) is 0 Å². The fourth-order valence-corrected chi connectivity index (χ4v) is 1.41. The number of rotatable bonds is 3. The zero-order valence-electron chi connectivity index (χ0n) is 9.25. The van der Waals surface area contributed by atoms with E-state index < -0.39 is 0 Å². The van der Waals surface area contributed by atoms with E-state index in [9.17, 15) is 0 Å². The summed E-state index contributed by atoms with van der Waals surface area (Å²) in [5, 5.41) is 0. The summed E-state index contributed by atoms with van der Waals surface area (Å²) >= 11 is 0. The molecule has 74 valence electrons. The van der Waals surface area contributed by atoms with Gasteiger partial charge in [0.05, 0.1) is 0 Å². The lowest BCUT2D eigenvalue weighted by Gasteiger charge is -2.02. The van der Waals surface area contributed by atoms with Crippen molar-refractivity contribution in [3.05, 3.63) is 59.2 Å². The number of benzene rings is 1. The molecular formula is C14H18. The predicted molar refractivity (Wildman–Crippen MR) is 63.5 cm³/mol. The highest BCUT2D eigenvalue weighted by Crippen LogP contribution is 2.10. The first-order chi connectivity index (χ1) is 6.76. The van der Waals surface area contributed by atoms with Crippen LogP contribution < -0.4 is 0 Å². The van der Waals surface area contributed by atoms with Gasteiger partial charge in [0.1, 0.15) is 0 Å². The molecule has 0 amide bonds. The Morgan fingerprint density at radius 3 is 2.29 bits per heavy atom. The van der Waals surface area contributed by atoms with Gasteiger partial charge in [-0.25, -0.2) is 0 Å². The first-order valence-corrected chi connectivity index (χ1v) is 5.09. The fourth-order valence-electron chi connectivity index (χ4n) is 1.41. The molecule has 1 rings (SSSR count). The first kappa shape index (κ1) is 10.8. The number of allylic oxidation sites excluding steroid dienone is 4. The lowest BCUT2D eigenvalue weighted by atomic mass is 10.0. The molecule has 0 unspecified atom stereocenters. The van der Waals surface area contributed by atoms with Crippen molar-refractivity contribution >= 4 is 0 Å². The van der Waals surface area contributed by atoms with Gasteiger partial charge >= 0.3 is 0 Å². The van der Waals surface area contributed by atoms with Crippen molar-refractivity contribution < 1.29 is 0 Å². The summed E-state index contributed by atoms with van der Waals surface area (Å²) in [4.78, 5) is 0. The lowest BCUT2D eigenvalue weighted by molar-refractivity contribution is 1.18. The Labute approximate surface area is 87.0 Å². The highest BCUT2D eigenvalue weighted by molar-refractivity contribution is 5.29. The number of aryl methyl sites for hydroxylation is 1. The molecule has 0 heterocycles. The van der Waals surface area contributed by atoms with Crippen LogP contribution in [0.15, 0.2) is 48.1 Å². The third-order valence-electron chi connectivity index (χ3n) is 2.28. The number of hydrogen-bond donors (Lipinski definition) is 0. The fraction of sp³-hybridized carbons (Fsp3) is 0.286. The van der Waals surface area contributed by atoms with Crippen LogP contribution in [0.2, 0.25) is 0 Å². The van der Waals surface area contributed by atoms with E-state index in [1.807, 2.05) is 0 Å². The smallest absolute Gasteiger partial charge is 0.00292 e. The van der Waals surface area contributed by atoms with Crippen molar-refractivity contribution in [3.8, 4) is 0 Å². The third-order valence-corrected chi connectivity index (χ3v) is 2.28. The van der Waals surface area contributed by atoms with Crippen LogP contribution in [0, 0.1) is 6.92 Å². The molecule has 0 aliphatic rings. The Kier molecular flexibility index (Phi) is 4.18. The van der Waals surface area contributed by atoms with Gasteiger partial charge in [0.25, 0.3) is 0 Å². The van der Waals surface area contributed by atoms with Crippen LogP contribution >= 0.6 is 0 Å². The van der Waals surface area contributed by atoms with E-state index in [1.54, 1.807) is 0 Å². The van der Waals surface area contributed by atoms with Gasteiger partial charge < -0.3 is 0 Å². The Morgan fingerprint density at radius 1 is 1.14 bits per heavy atom. The SMILES string of the molecule is C/C=C\C(=C/C)Cc1ccc(C)cc1. The van der Waals surface area contributed by atoms with Crippen molar-refractivity contribution in [1.29, 1.82) is 0 Å². The molecule has 0 saturated heterocycles. The monoisotopic (exact) mass is 186 g/mol. The van der Waals surface area contributed by atoms with Gasteiger partial charge in [-0.1, -0.05) is 48.1 Å². The molecule has 0 aliphatic heterocycles. The van der Waals surface area contributed by atoms with Gasteiger partial charge in [-0.05, 0) is 38.3 Å². The molecule has 0 spiro atoms. The van der Waals surface area contributed by atoms with E-state index in [0.717, 1.165) is 6.42 Å². The van der Waals surface area contributed by atoms with Crippen LogP contribution in [0.3, 0.4) is 0 Å². The van der Waals surface area contributed by atoms with Gasteiger partial charge in [0, 0.05) is 0 Å². The van der Waals surface area contributed by atoms with E-state index in [0.29, 0.717) is 0 Å². The van der Waals surface area contributed by atoms with Crippen molar-refractivity contribution in [2.75, 3.05) is 0 Å². The second-order valence-electron chi connectivity index (χ2n) is 3.53. The van der Waals surface area contributed by atoms with E-state index in [4.69, 9.17) is 0 Å². The van der Waals surface area contributed by atoms with Crippen LogP contribution in [0.25, 0.3) is 0 Å². The first-order valence-electron chi connectivity index (χ1n) is 5.09. The summed E-state index contributed by atoms with van der Waals surface area (Å²) in [5.41, 5.74) is 4.07. The molecule has 14 heavy (non-hydrogen) atoms. The summed E-state index contributed by atoms with van der Waals surface area (Å²) in [6, 6.07) is 8.72. The second kappa shape index (κ2) is 5.43. The van der Waals surface area contributed by atoms with E-state index >= 15 is 0 Å². The van der Waals surface area contributed by atoms with Crippen molar-refractivity contribution in [1.82, 2.24) is 0 Å². The Hall–Kier alpha value is -1.30. The van der Waals surface area contributed by atoms with E-state index in [2.05, 4.69) is 63.3 Å². The molecule has 0 N–H and O–H groups in total. The van der Waals surface area contributed by atoms with E-state index in [1.165, 1.54) is 16.7 Å². The maximum absolute atomic E-state index is 2.20. The molecule has 0 radical (unpaired) electrons. The second-order valence-corrected chi connectivity index (χ2v) is 3.53. The predicted octanol–water partition coefficient (Wildman–Crippen LogP) is 4.06. The normalized spacial score (nSPS) is 12.4. The molecule has 0 aromatic heterocycles. The molecule has 0 aliphatic carbocycles. The van der Waals surface area contributed by atoms with Gasteiger partial charge in [-0.2, -0.15) is 0 Å². The minimum atomic E-state index is 1.03. The average Bonchev–Trinajstić information content (AvgIpc) is 2.20. The summed E-state index contributed by atoms with van der Waals surface area (Å²) in [5.74, 6) is 0. The summed E-state index contributed by atoms with van der Waals surface area (Å²) in [6.45, 7) is 6.26. The highest BCUT2D eigenvalue weighted by atomic mass is 14.0. The van der Waals surface area contributed by atoms with Gasteiger partial charge in [0.2, 0.25) is 0 Å². The molecule has 0 fully saturated rings. The van der Waals surface area contributed by atoms with Crippen molar-refractivity contribution in [3.63, 3.8) is 0 Å². The largest absolute Gasteiger partial charge is 0.0874 e. The molecule has 0 heteroatoms. The average molecular weight is 186 g/mol. The number of hydrogen-bond acceptors (Lipinski definition) is 0. The Balaban J connectivity index is 2.73. The molecule has 0 nitrogen and oxygen atoms in total. The topological polar surface area (TPSA) is 0 Å². The molecule has 0 atom stereocenters. The summed E-state index contributed by atoms with van der Waals surface area (Å²) in [6.07, 6.45) is 7.45. The lowest BCUT2D eigenvalue weighted by Crippen LogP contribution is -1.87. The van der Waals surface area contributed by atoms with E-state index in [-0.39, 0.29) is 0 Å². The van der Waals surface area contributed by atoms with Gasteiger partial charge in [-0.15, -0.1) is 0 Å². The molecule has 1 aromatic carbocycles. The molecular weight excluding hydrogens is 168 g/mol. The quantitative estimate of drug-likeness (QED) is 0.624. The van der Waals surface area contributed by atoms with Crippen LogP contribution in [-0.4, -0.2) is 0 Å². The van der Waals surface area contributed by atoms with Crippen molar-refractivity contribution in [2.45, 2.75) is 27.2 Å². The van der Waals surface area contributed by atoms with Crippen LogP contribution in [0.4, 0.5) is 0 Å². The molecule has 1 aromatic rings. The van der Waals surface area contributed by atoms with Gasteiger partial charge in [-0.3, -0.25) is 0 Å². The Bertz CT molecular complexity index is 326. The Morgan fingerprint density at radius 2 is 1.79 bits per heavy atom. The van der Waals surface area contributed by atoms with Crippen LogP contribution in [-0.2, 0) is 6.42 Å².